The molecule has 2 aromatic carbocycles. The Morgan fingerprint density at radius 2 is 1.65 bits per heavy atom. The average Bonchev–Trinajstić information content (AvgIpc) is 2.87. The number of benzene rings is 2. The van der Waals surface area contributed by atoms with Gasteiger partial charge in [0.2, 0.25) is 11.8 Å². The molecule has 0 aromatic heterocycles. The number of aryl methyl sites for hydroxylation is 2. The smallest absolute Gasteiger partial charge is 0.227 e. The van der Waals surface area contributed by atoms with Gasteiger partial charge in [-0.1, -0.05) is 24.3 Å². The number of hydrogen-bond acceptors (Lipinski definition) is 4. The highest BCUT2D eigenvalue weighted by Gasteiger charge is 2.33. The SMILES string of the molecule is Cc1ccc(OC2CCN(C(=O)C3CCCN(C(=O)CCOc4ccccc4)C3)CC2)cc1C. The van der Waals surface area contributed by atoms with Gasteiger partial charge in [-0.05, 0) is 62.1 Å². The standard InChI is InChI=1S/C28H36N2O4/c1-21-10-11-26(19-22(21)2)34-25-12-16-29(17-13-25)28(32)23-7-6-15-30(20-23)27(31)14-18-33-24-8-4-3-5-9-24/h3-5,8-11,19,23,25H,6-7,12-18,20H2,1-2H3. The first-order valence-electron chi connectivity index (χ1n) is 12.5. The van der Waals surface area contributed by atoms with Crippen LogP contribution in [0.25, 0.3) is 0 Å². The molecule has 182 valence electrons. The Morgan fingerprint density at radius 1 is 0.882 bits per heavy atom. The second-order valence-corrected chi connectivity index (χ2v) is 9.48. The number of para-hydroxylation sites is 1. The van der Waals surface area contributed by atoms with Gasteiger partial charge in [0, 0.05) is 39.0 Å². The predicted molar refractivity (Wildman–Crippen MR) is 132 cm³/mol. The zero-order valence-electron chi connectivity index (χ0n) is 20.4. The summed E-state index contributed by atoms with van der Waals surface area (Å²) in [4.78, 5) is 29.7. The van der Waals surface area contributed by atoms with Gasteiger partial charge in [-0.2, -0.15) is 0 Å². The second kappa shape index (κ2) is 11.4. The molecule has 34 heavy (non-hydrogen) atoms. The maximum Gasteiger partial charge on any atom is 0.227 e. The van der Waals surface area contributed by atoms with Crippen LogP contribution < -0.4 is 9.47 Å². The summed E-state index contributed by atoms with van der Waals surface area (Å²) in [5.41, 5.74) is 2.49. The van der Waals surface area contributed by atoms with E-state index in [4.69, 9.17) is 9.47 Å². The molecule has 6 nitrogen and oxygen atoms in total. The summed E-state index contributed by atoms with van der Waals surface area (Å²) >= 11 is 0. The molecule has 2 amide bonds. The van der Waals surface area contributed by atoms with E-state index in [1.807, 2.05) is 46.2 Å². The van der Waals surface area contributed by atoms with Crippen LogP contribution in [-0.2, 0) is 9.59 Å². The summed E-state index contributed by atoms with van der Waals surface area (Å²) in [6, 6.07) is 15.7. The Morgan fingerprint density at radius 3 is 2.38 bits per heavy atom. The van der Waals surface area contributed by atoms with Crippen molar-refractivity contribution in [3.63, 3.8) is 0 Å². The fraction of sp³-hybridized carbons (Fsp3) is 0.500. The molecular formula is C28H36N2O4. The fourth-order valence-corrected chi connectivity index (χ4v) is 4.77. The van der Waals surface area contributed by atoms with Crippen LogP contribution in [0.3, 0.4) is 0 Å². The highest BCUT2D eigenvalue weighted by Crippen LogP contribution is 2.25. The number of rotatable bonds is 7. The number of carbonyl (C=O) groups excluding carboxylic acids is 2. The Labute approximate surface area is 202 Å². The lowest BCUT2D eigenvalue weighted by molar-refractivity contribution is -0.142. The molecule has 0 radical (unpaired) electrons. The molecule has 2 fully saturated rings. The zero-order valence-corrected chi connectivity index (χ0v) is 20.4. The van der Waals surface area contributed by atoms with Crippen molar-refractivity contribution in [3.8, 4) is 11.5 Å². The number of likely N-dealkylation sites (tertiary alicyclic amines) is 2. The van der Waals surface area contributed by atoms with Crippen LogP contribution in [0.15, 0.2) is 48.5 Å². The van der Waals surface area contributed by atoms with E-state index in [-0.39, 0.29) is 23.8 Å². The third-order valence-electron chi connectivity index (χ3n) is 6.99. The molecule has 0 spiro atoms. The van der Waals surface area contributed by atoms with E-state index >= 15 is 0 Å². The van der Waals surface area contributed by atoms with Crippen molar-refractivity contribution in [3.05, 3.63) is 59.7 Å². The molecule has 2 saturated heterocycles. The quantitative estimate of drug-likeness (QED) is 0.610. The Bertz CT molecular complexity index is 970. The Balaban J connectivity index is 1.21. The topological polar surface area (TPSA) is 59.1 Å². The number of nitrogens with zero attached hydrogens (tertiary/aromatic N) is 2. The van der Waals surface area contributed by atoms with Gasteiger partial charge in [0.15, 0.2) is 0 Å². The van der Waals surface area contributed by atoms with Crippen LogP contribution in [0.5, 0.6) is 11.5 Å². The third-order valence-corrected chi connectivity index (χ3v) is 6.99. The Hall–Kier alpha value is -3.02. The van der Waals surface area contributed by atoms with E-state index in [1.54, 1.807) is 0 Å². The van der Waals surface area contributed by atoms with Crippen LogP contribution in [0.1, 0.15) is 43.2 Å². The summed E-state index contributed by atoms with van der Waals surface area (Å²) in [6.45, 7) is 7.21. The van der Waals surface area contributed by atoms with Gasteiger partial charge in [-0.25, -0.2) is 0 Å². The lowest BCUT2D eigenvalue weighted by Gasteiger charge is -2.38. The van der Waals surface area contributed by atoms with Gasteiger partial charge >= 0.3 is 0 Å². The molecule has 4 rings (SSSR count). The first kappa shape index (κ1) is 24.1. The highest BCUT2D eigenvalue weighted by molar-refractivity contribution is 5.81. The summed E-state index contributed by atoms with van der Waals surface area (Å²) in [5, 5.41) is 0. The van der Waals surface area contributed by atoms with Gasteiger partial charge in [-0.3, -0.25) is 9.59 Å². The summed E-state index contributed by atoms with van der Waals surface area (Å²) in [7, 11) is 0. The third kappa shape index (κ3) is 6.31. The lowest BCUT2D eigenvalue weighted by Crippen LogP contribution is -2.49. The molecule has 0 N–H and O–H groups in total. The van der Waals surface area contributed by atoms with Crippen LogP contribution >= 0.6 is 0 Å². The van der Waals surface area contributed by atoms with Gasteiger partial charge in [0.25, 0.3) is 0 Å². The summed E-state index contributed by atoms with van der Waals surface area (Å²) < 4.78 is 11.8. The average molecular weight is 465 g/mol. The van der Waals surface area contributed by atoms with Gasteiger partial charge in [-0.15, -0.1) is 0 Å². The normalized spacial score (nSPS) is 19.1. The Kier molecular flexibility index (Phi) is 8.09. The van der Waals surface area contributed by atoms with Gasteiger partial charge in [0.1, 0.15) is 17.6 Å². The molecule has 2 aromatic rings. The minimum absolute atomic E-state index is 0.0638. The minimum Gasteiger partial charge on any atom is -0.493 e. The van der Waals surface area contributed by atoms with Crippen molar-refractivity contribution in [1.82, 2.24) is 9.80 Å². The molecule has 2 aliphatic heterocycles. The maximum atomic E-state index is 13.2. The van der Waals surface area contributed by atoms with Crippen molar-refractivity contribution >= 4 is 11.8 Å². The summed E-state index contributed by atoms with van der Waals surface area (Å²) in [6.07, 6.45) is 3.86. The number of piperidine rings is 2. The van der Waals surface area contributed by atoms with Crippen LogP contribution in [0, 0.1) is 19.8 Å². The van der Waals surface area contributed by atoms with Crippen LogP contribution in [0.4, 0.5) is 0 Å². The van der Waals surface area contributed by atoms with E-state index < -0.39 is 0 Å². The van der Waals surface area contributed by atoms with Crippen LogP contribution in [0.2, 0.25) is 0 Å². The highest BCUT2D eigenvalue weighted by atomic mass is 16.5. The first-order valence-corrected chi connectivity index (χ1v) is 12.5. The van der Waals surface area contributed by atoms with E-state index in [1.165, 1.54) is 11.1 Å². The molecule has 6 heteroatoms. The molecule has 0 bridgehead atoms. The monoisotopic (exact) mass is 464 g/mol. The number of amides is 2. The first-order chi connectivity index (χ1) is 16.5. The number of ether oxygens (including phenoxy) is 2. The molecule has 2 heterocycles. The molecule has 0 saturated carbocycles. The van der Waals surface area contributed by atoms with E-state index in [9.17, 15) is 9.59 Å². The molecular weight excluding hydrogens is 428 g/mol. The minimum atomic E-state index is -0.107. The largest absolute Gasteiger partial charge is 0.493 e. The van der Waals surface area contributed by atoms with E-state index in [2.05, 4.69) is 26.0 Å². The molecule has 1 atom stereocenters. The zero-order chi connectivity index (χ0) is 23.9. The maximum absolute atomic E-state index is 13.2. The molecule has 1 unspecified atom stereocenters. The van der Waals surface area contributed by atoms with Crippen molar-refractivity contribution in [2.45, 2.75) is 52.1 Å². The second-order valence-electron chi connectivity index (χ2n) is 9.48. The number of carbonyl (C=O) groups is 2. The molecule has 0 aliphatic carbocycles. The van der Waals surface area contributed by atoms with Gasteiger partial charge in [0.05, 0.1) is 18.9 Å². The van der Waals surface area contributed by atoms with Crippen molar-refractivity contribution in [2.75, 3.05) is 32.8 Å². The fourth-order valence-electron chi connectivity index (χ4n) is 4.77. The number of hydrogen-bond donors (Lipinski definition) is 0. The van der Waals surface area contributed by atoms with Crippen molar-refractivity contribution in [2.24, 2.45) is 5.92 Å². The summed E-state index contributed by atoms with van der Waals surface area (Å²) in [5.74, 6) is 1.82. The van der Waals surface area contributed by atoms with Crippen molar-refractivity contribution in [1.29, 1.82) is 0 Å². The van der Waals surface area contributed by atoms with Gasteiger partial charge < -0.3 is 19.3 Å². The van der Waals surface area contributed by atoms with Crippen molar-refractivity contribution < 1.29 is 19.1 Å². The van der Waals surface area contributed by atoms with E-state index in [0.717, 1.165) is 43.7 Å². The predicted octanol–water partition coefficient (Wildman–Crippen LogP) is 4.38. The van der Waals surface area contributed by atoms with Crippen LogP contribution in [-0.4, -0.2) is 60.5 Å². The molecule has 2 aliphatic rings. The lowest BCUT2D eigenvalue weighted by atomic mass is 9.95. The van der Waals surface area contributed by atoms with E-state index in [0.29, 0.717) is 32.7 Å².